The van der Waals surface area contributed by atoms with E-state index in [0.29, 0.717) is 34.8 Å². The molecule has 1 aliphatic rings. The number of aromatic carboxylic acids is 1. The summed E-state index contributed by atoms with van der Waals surface area (Å²) in [4.78, 5) is 39.1. The first-order valence-corrected chi connectivity index (χ1v) is 14.7. The molecule has 1 atom stereocenters. The maximum Gasteiger partial charge on any atom is 0.336 e. The fourth-order valence-electron chi connectivity index (χ4n) is 5.94. The molecule has 0 aliphatic carbocycles. The average molecular weight is 619 g/mol. The summed E-state index contributed by atoms with van der Waals surface area (Å²) in [6, 6.07) is 19.9. The number of amides is 1. The number of nitrogens with zero attached hydrogens (tertiary/aromatic N) is 6. The van der Waals surface area contributed by atoms with Gasteiger partial charge in [-0.15, -0.1) is 0 Å². The van der Waals surface area contributed by atoms with Crippen LogP contribution in [-0.2, 0) is 18.3 Å². The highest BCUT2D eigenvalue weighted by Gasteiger charge is 2.27. The molecule has 46 heavy (non-hydrogen) atoms. The van der Waals surface area contributed by atoms with E-state index in [1.807, 2.05) is 22.9 Å². The number of nitriles is 1. The molecule has 1 aliphatic heterocycles. The Labute approximate surface area is 263 Å². The summed E-state index contributed by atoms with van der Waals surface area (Å²) >= 11 is 0. The van der Waals surface area contributed by atoms with Crippen molar-refractivity contribution in [3.8, 4) is 17.3 Å². The Balaban J connectivity index is 1.46. The van der Waals surface area contributed by atoms with Crippen LogP contribution in [0.15, 0.2) is 72.9 Å². The second-order valence-electron chi connectivity index (χ2n) is 11.2. The van der Waals surface area contributed by atoms with E-state index < -0.39 is 16.8 Å². The Hall–Kier alpha value is -5.80. The Morgan fingerprint density at radius 3 is 2.65 bits per heavy atom. The van der Waals surface area contributed by atoms with E-state index in [1.165, 1.54) is 12.1 Å². The van der Waals surface area contributed by atoms with Crippen LogP contribution >= 0.6 is 0 Å². The predicted octanol–water partition coefficient (Wildman–Crippen LogP) is 6.37. The van der Waals surface area contributed by atoms with Gasteiger partial charge in [0.05, 0.1) is 45.9 Å². The second kappa shape index (κ2) is 12.3. The molecule has 3 aromatic carbocycles. The number of nitro groups is 1. The van der Waals surface area contributed by atoms with Crippen LogP contribution in [0.25, 0.3) is 22.2 Å². The van der Waals surface area contributed by atoms with Crippen LogP contribution in [0.3, 0.4) is 0 Å². The molecule has 2 aromatic heterocycles. The lowest BCUT2D eigenvalue weighted by Crippen LogP contribution is -2.31. The molecule has 12 heteroatoms. The molecular weight excluding hydrogens is 588 g/mol. The van der Waals surface area contributed by atoms with Crippen molar-refractivity contribution in [1.82, 2.24) is 14.3 Å². The lowest BCUT2D eigenvalue weighted by Gasteiger charge is -2.25. The molecule has 1 saturated heterocycles. The summed E-state index contributed by atoms with van der Waals surface area (Å²) < 4.78 is 9.46. The van der Waals surface area contributed by atoms with E-state index in [9.17, 15) is 30.1 Å². The zero-order valence-electron chi connectivity index (χ0n) is 25.2. The smallest absolute Gasteiger partial charge is 0.336 e. The van der Waals surface area contributed by atoms with Crippen molar-refractivity contribution in [3.05, 3.63) is 111 Å². The maximum atomic E-state index is 14.5. The number of hydrogen-bond acceptors (Lipinski definition) is 7. The molecule has 232 valence electrons. The van der Waals surface area contributed by atoms with Crippen molar-refractivity contribution in [3.63, 3.8) is 0 Å². The van der Waals surface area contributed by atoms with E-state index >= 15 is 0 Å². The van der Waals surface area contributed by atoms with Crippen LogP contribution in [0.4, 0.5) is 11.4 Å². The Bertz CT molecular complexity index is 2050. The molecule has 1 N–H and O–H groups in total. The van der Waals surface area contributed by atoms with Gasteiger partial charge in [0.2, 0.25) is 0 Å². The quantitative estimate of drug-likeness (QED) is 0.155. The number of carbonyl (C=O) groups excluding carboxylic acids is 1. The molecular formula is C34H30N6O6. The largest absolute Gasteiger partial charge is 0.478 e. The molecule has 5 aromatic rings. The zero-order valence-corrected chi connectivity index (χ0v) is 25.2. The van der Waals surface area contributed by atoms with Crippen molar-refractivity contribution < 1.29 is 24.4 Å². The van der Waals surface area contributed by atoms with Gasteiger partial charge in [0.1, 0.15) is 0 Å². The number of rotatable bonds is 8. The van der Waals surface area contributed by atoms with Gasteiger partial charge in [-0.3, -0.25) is 14.9 Å². The Kier molecular flexibility index (Phi) is 8.08. The van der Waals surface area contributed by atoms with Crippen molar-refractivity contribution in [2.45, 2.75) is 39.0 Å². The second-order valence-corrected chi connectivity index (χ2v) is 11.2. The lowest BCUT2D eigenvalue weighted by molar-refractivity contribution is -0.384. The summed E-state index contributed by atoms with van der Waals surface area (Å²) in [6.45, 7) is 2.48. The third-order valence-corrected chi connectivity index (χ3v) is 8.52. The van der Waals surface area contributed by atoms with Crippen LogP contribution in [0, 0.1) is 28.4 Å². The predicted molar refractivity (Wildman–Crippen MR) is 169 cm³/mol. The molecule has 3 heterocycles. The number of fused-ring (bicyclic) bond motifs is 1. The van der Waals surface area contributed by atoms with Gasteiger partial charge in [-0.1, -0.05) is 18.2 Å². The molecule has 1 unspecified atom stereocenters. The zero-order chi connectivity index (χ0) is 32.5. The average Bonchev–Trinajstić information content (AvgIpc) is 3.63. The summed E-state index contributed by atoms with van der Waals surface area (Å²) in [5.74, 6) is -1.64. The van der Waals surface area contributed by atoms with Crippen LogP contribution in [0.2, 0.25) is 0 Å². The summed E-state index contributed by atoms with van der Waals surface area (Å²) in [5.41, 5.74) is 3.37. The minimum atomic E-state index is -1.25. The van der Waals surface area contributed by atoms with Crippen molar-refractivity contribution in [1.29, 1.82) is 5.26 Å². The van der Waals surface area contributed by atoms with Crippen molar-refractivity contribution in [2.75, 3.05) is 11.5 Å². The first-order chi connectivity index (χ1) is 22.2. The molecule has 6 rings (SSSR count). The van der Waals surface area contributed by atoms with Crippen LogP contribution in [-0.4, -0.2) is 42.9 Å². The standard InChI is InChI=1S/C34H30N6O6/c1-21-28(17-31(37(21)2)29-16-26(40(44)45)10-12-27(29)34(42)43)33(41)38(20-23-8-4-3-7-22(23)18-35)25-11-13-30-24(15-25)19-36-39(30)32-9-5-6-14-46-32/h3-4,7-8,10-13,15-17,19,32H,5-6,9,14,20H2,1-2H3,(H,42,43). The lowest BCUT2D eigenvalue weighted by atomic mass is 10.0. The first-order valence-electron chi connectivity index (χ1n) is 14.7. The number of ether oxygens (including phenoxy) is 1. The number of carboxylic acids is 1. The van der Waals surface area contributed by atoms with Crippen LogP contribution < -0.4 is 4.90 Å². The summed E-state index contributed by atoms with van der Waals surface area (Å²) in [6.07, 6.45) is 4.50. The van der Waals surface area contributed by atoms with Crippen LogP contribution in [0.5, 0.6) is 0 Å². The fraction of sp³-hybridized carbons (Fsp3) is 0.235. The molecule has 0 spiro atoms. The molecule has 0 saturated carbocycles. The summed E-state index contributed by atoms with van der Waals surface area (Å²) in [5, 5.41) is 36.6. The Morgan fingerprint density at radius 1 is 1.13 bits per heavy atom. The molecule has 12 nitrogen and oxygen atoms in total. The molecule has 0 radical (unpaired) electrons. The normalized spacial score (nSPS) is 14.6. The summed E-state index contributed by atoms with van der Waals surface area (Å²) in [7, 11) is 1.68. The minimum absolute atomic E-state index is 0.0782. The number of carbonyl (C=O) groups is 2. The van der Waals surface area contributed by atoms with E-state index in [-0.39, 0.29) is 35.2 Å². The molecule has 1 amide bonds. The fourth-order valence-corrected chi connectivity index (χ4v) is 5.94. The number of nitro benzene ring substituents is 1. The first kappa shape index (κ1) is 30.2. The number of non-ortho nitro benzene ring substituents is 1. The number of carboxylic acid groups (broad SMARTS) is 1. The highest BCUT2D eigenvalue weighted by atomic mass is 16.6. The van der Waals surface area contributed by atoms with Gasteiger partial charge >= 0.3 is 5.97 Å². The number of anilines is 1. The van der Waals surface area contributed by atoms with Gasteiger partial charge in [-0.05, 0) is 68.1 Å². The number of benzene rings is 3. The highest BCUT2D eigenvalue weighted by molar-refractivity contribution is 6.09. The van der Waals surface area contributed by atoms with E-state index in [2.05, 4.69) is 11.2 Å². The Morgan fingerprint density at radius 2 is 1.93 bits per heavy atom. The van der Waals surface area contributed by atoms with Gasteiger partial charge in [-0.25, -0.2) is 9.48 Å². The minimum Gasteiger partial charge on any atom is -0.478 e. The molecule has 1 fully saturated rings. The van der Waals surface area contributed by atoms with Gasteiger partial charge in [-0.2, -0.15) is 10.4 Å². The van der Waals surface area contributed by atoms with E-state index in [1.54, 1.807) is 60.0 Å². The number of aromatic nitrogens is 3. The van der Waals surface area contributed by atoms with Gasteiger partial charge in [0.15, 0.2) is 6.23 Å². The van der Waals surface area contributed by atoms with Crippen LogP contribution in [0.1, 0.15) is 63.0 Å². The van der Waals surface area contributed by atoms with E-state index in [0.717, 1.165) is 36.2 Å². The van der Waals surface area contributed by atoms with Crippen molar-refractivity contribution >= 4 is 34.2 Å². The van der Waals surface area contributed by atoms with Gasteiger partial charge in [0.25, 0.3) is 11.6 Å². The third-order valence-electron chi connectivity index (χ3n) is 8.52. The highest BCUT2D eigenvalue weighted by Crippen LogP contribution is 2.34. The third kappa shape index (κ3) is 5.48. The van der Waals surface area contributed by atoms with E-state index in [4.69, 9.17) is 4.74 Å². The topological polar surface area (TPSA) is 157 Å². The maximum absolute atomic E-state index is 14.5. The SMILES string of the molecule is Cc1c(C(=O)N(Cc2ccccc2C#N)c2ccc3c(cnn3C3CCCCO3)c2)cc(-c2cc([N+](=O)[O-])ccc2C(=O)O)n1C. The van der Waals surface area contributed by atoms with Gasteiger partial charge in [0, 0.05) is 53.8 Å². The van der Waals surface area contributed by atoms with Crippen molar-refractivity contribution in [2.24, 2.45) is 7.05 Å². The molecule has 0 bridgehead atoms. The monoisotopic (exact) mass is 618 g/mol. The van der Waals surface area contributed by atoms with Gasteiger partial charge < -0.3 is 19.3 Å². The number of hydrogen-bond donors (Lipinski definition) is 1.